The van der Waals surface area contributed by atoms with Crippen molar-refractivity contribution >= 4 is 11.8 Å². The Kier molecular flexibility index (Phi) is 5.50. The maximum atomic E-state index is 8.73. The Morgan fingerprint density at radius 3 is 3.14 bits per heavy atom. The minimum atomic E-state index is 0.0523. The van der Waals surface area contributed by atoms with Crippen LogP contribution in [0.1, 0.15) is 6.42 Å². The van der Waals surface area contributed by atoms with Crippen molar-refractivity contribution in [1.29, 1.82) is 0 Å². The maximum Gasteiger partial charge on any atom is 0.209 e. The predicted molar refractivity (Wildman–Crippen MR) is 52.1 cm³/mol. The van der Waals surface area contributed by atoms with E-state index >= 15 is 0 Å². The number of methoxy groups -OCH3 is 1. The zero-order chi connectivity index (χ0) is 10.2. The number of aromatic nitrogens is 4. The zero-order valence-corrected chi connectivity index (χ0v) is 8.90. The van der Waals surface area contributed by atoms with Crippen LogP contribution in [-0.2, 0) is 11.3 Å². The molecule has 1 rings (SSSR count). The summed E-state index contributed by atoms with van der Waals surface area (Å²) in [7, 11) is 1.68. The second-order valence-electron chi connectivity index (χ2n) is 2.60. The van der Waals surface area contributed by atoms with E-state index in [1.807, 2.05) is 0 Å². The quantitative estimate of drug-likeness (QED) is 0.504. The van der Waals surface area contributed by atoms with Gasteiger partial charge in [-0.05, 0) is 16.8 Å². The summed E-state index contributed by atoms with van der Waals surface area (Å²) in [6, 6.07) is 0. The van der Waals surface area contributed by atoms with Crippen molar-refractivity contribution in [3.8, 4) is 0 Å². The van der Waals surface area contributed by atoms with Gasteiger partial charge in [0.05, 0.1) is 13.2 Å². The minimum Gasteiger partial charge on any atom is -0.394 e. The third-order valence-electron chi connectivity index (χ3n) is 1.53. The number of tetrazole rings is 1. The third kappa shape index (κ3) is 3.60. The van der Waals surface area contributed by atoms with Gasteiger partial charge in [0.1, 0.15) is 0 Å². The smallest absolute Gasteiger partial charge is 0.209 e. The molecule has 80 valence electrons. The topological polar surface area (TPSA) is 73.1 Å². The lowest BCUT2D eigenvalue weighted by molar-refractivity contribution is 0.200. The average Bonchev–Trinajstić information content (AvgIpc) is 2.61. The van der Waals surface area contributed by atoms with E-state index in [0.717, 1.165) is 23.9 Å². The van der Waals surface area contributed by atoms with Crippen LogP contribution >= 0.6 is 11.8 Å². The molecular formula is C7H14N4O2S. The third-order valence-corrected chi connectivity index (χ3v) is 2.58. The first kappa shape index (κ1) is 11.4. The molecule has 7 heteroatoms. The SMILES string of the molecule is COCCCSc1nnnn1CCO. The lowest BCUT2D eigenvalue weighted by Crippen LogP contribution is -2.06. The number of aliphatic hydroxyl groups excluding tert-OH is 1. The van der Waals surface area contributed by atoms with Gasteiger partial charge in [-0.15, -0.1) is 5.10 Å². The van der Waals surface area contributed by atoms with Crippen LogP contribution in [0.15, 0.2) is 5.16 Å². The molecule has 0 fully saturated rings. The Morgan fingerprint density at radius 1 is 1.57 bits per heavy atom. The Hall–Kier alpha value is -0.660. The number of rotatable bonds is 7. The number of thioether (sulfide) groups is 1. The lowest BCUT2D eigenvalue weighted by Gasteiger charge is -2.01. The van der Waals surface area contributed by atoms with Crippen molar-refractivity contribution in [1.82, 2.24) is 20.2 Å². The van der Waals surface area contributed by atoms with Gasteiger partial charge in [0.15, 0.2) is 0 Å². The highest BCUT2D eigenvalue weighted by molar-refractivity contribution is 7.99. The van der Waals surface area contributed by atoms with Gasteiger partial charge in [-0.2, -0.15) is 0 Å². The molecule has 1 aromatic heterocycles. The fraction of sp³-hybridized carbons (Fsp3) is 0.857. The standard InChI is InChI=1S/C7H14N4O2S/c1-13-5-2-6-14-7-8-9-10-11(7)3-4-12/h12H,2-6H2,1H3. The van der Waals surface area contributed by atoms with Crippen LogP contribution in [0.5, 0.6) is 0 Å². The van der Waals surface area contributed by atoms with Gasteiger partial charge < -0.3 is 9.84 Å². The van der Waals surface area contributed by atoms with E-state index in [-0.39, 0.29) is 6.61 Å². The van der Waals surface area contributed by atoms with E-state index in [4.69, 9.17) is 9.84 Å². The van der Waals surface area contributed by atoms with Gasteiger partial charge in [-0.3, -0.25) is 0 Å². The second kappa shape index (κ2) is 6.74. The highest BCUT2D eigenvalue weighted by Gasteiger charge is 2.04. The first-order chi connectivity index (χ1) is 6.88. The monoisotopic (exact) mass is 218 g/mol. The van der Waals surface area contributed by atoms with Gasteiger partial charge in [-0.25, -0.2) is 4.68 Å². The first-order valence-corrected chi connectivity index (χ1v) is 5.35. The molecule has 0 saturated carbocycles. The van der Waals surface area contributed by atoms with Crippen LogP contribution in [0, 0.1) is 0 Å². The molecule has 0 aliphatic rings. The molecule has 1 heterocycles. The molecule has 14 heavy (non-hydrogen) atoms. The summed E-state index contributed by atoms with van der Waals surface area (Å²) in [5.74, 6) is 0.916. The summed E-state index contributed by atoms with van der Waals surface area (Å²) < 4.78 is 6.52. The normalized spacial score (nSPS) is 10.7. The van der Waals surface area contributed by atoms with Crippen LogP contribution in [0.4, 0.5) is 0 Å². The number of nitrogens with zero attached hydrogens (tertiary/aromatic N) is 4. The number of hydrogen-bond donors (Lipinski definition) is 1. The van der Waals surface area contributed by atoms with Crippen molar-refractivity contribution in [2.24, 2.45) is 0 Å². The Balaban J connectivity index is 2.30. The summed E-state index contributed by atoms with van der Waals surface area (Å²) in [5, 5.41) is 20.6. The number of ether oxygens (including phenoxy) is 1. The maximum absolute atomic E-state index is 8.73. The van der Waals surface area contributed by atoms with Crippen LogP contribution in [0.3, 0.4) is 0 Å². The van der Waals surface area contributed by atoms with Gasteiger partial charge in [0.25, 0.3) is 0 Å². The van der Waals surface area contributed by atoms with E-state index in [1.165, 1.54) is 0 Å². The van der Waals surface area contributed by atoms with Crippen molar-refractivity contribution in [2.45, 2.75) is 18.1 Å². The summed E-state index contributed by atoms with van der Waals surface area (Å²) in [6.45, 7) is 1.24. The molecule has 0 aromatic carbocycles. The average molecular weight is 218 g/mol. The van der Waals surface area contributed by atoms with Gasteiger partial charge in [0, 0.05) is 19.5 Å². The largest absolute Gasteiger partial charge is 0.394 e. The predicted octanol–water partition coefficient (Wildman–Crippen LogP) is -0.206. The molecule has 1 N–H and O–H groups in total. The molecule has 0 spiro atoms. The Bertz CT molecular complexity index is 256. The van der Waals surface area contributed by atoms with Crippen LogP contribution in [-0.4, -0.2) is 51.4 Å². The fourth-order valence-corrected chi connectivity index (χ4v) is 1.72. The second-order valence-corrected chi connectivity index (χ2v) is 3.67. The molecule has 0 bridgehead atoms. The highest BCUT2D eigenvalue weighted by atomic mass is 32.2. The molecule has 0 aliphatic heterocycles. The van der Waals surface area contributed by atoms with Crippen molar-refractivity contribution in [3.63, 3.8) is 0 Å². The molecule has 0 radical (unpaired) electrons. The molecular weight excluding hydrogens is 204 g/mol. The summed E-state index contributed by atoms with van der Waals surface area (Å²) in [5.41, 5.74) is 0. The van der Waals surface area contributed by atoms with E-state index in [2.05, 4.69) is 15.5 Å². The van der Waals surface area contributed by atoms with Crippen LogP contribution in [0.2, 0.25) is 0 Å². The lowest BCUT2D eigenvalue weighted by atomic mass is 10.5. The highest BCUT2D eigenvalue weighted by Crippen LogP contribution is 2.13. The fourth-order valence-electron chi connectivity index (χ4n) is 0.902. The Morgan fingerprint density at radius 2 is 2.43 bits per heavy atom. The van der Waals surface area contributed by atoms with Crippen LogP contribution in [0.25, 0.3) is 0 Å². The Labute approximate surface area is 86.6 Å². The molecule has 0 aliphatic carbocycles. The molecule has 0 saturated heterocycles. The van der Waals surface area contributed by atoms with E-state index in [1.54, 1.807) is 23.6 Å². The van der Waals surface area contributed by atoms with Gasteiger partial charge in [-0.1, -0.05) is 11.8 Å². The van der Waals surface area contributed by atoms with E-state index in [9.17, 15) is 0 Å². The van der Waals surface area contributed by atoms with Crippen LogP contribution < -0.4 is 0 Å². The van der Waals surface area contributed by atoms with Crippen molar-refractivity contribution in [3.05, 3.63) is 0 Å². The number of aliphatic hydroxyl groups is 1. The summed E-state index contributed by atoms with van der Waals surface area (Å²) >= 11 is 1.57. The molecule has 0 atom stereocenters. The molecule has 1 aromatic rings. The summed E-state index contributed by atoms with van der Waals surface area (Å²) in [4.78, 5) is 0. The van der Waals surface area contributed by atoms with E-state index in [0.29, 0.717) is 6.54 Å². The van der Waals surface area contributed by atoms with Gasteiger partial charge in [0.2, 0.25) is 5.16 Å². The number of hydrogen-bond acceptors (Lipinski definition) is 6. The summed E-state index contributed by atoms with van der Waals surface area (Å²) in [6.07, 6.45) is 0.965. The minimum absolute atomic E-state index is 0.0523. The zero-order valence-electron chi connectivity index (χ0n) is 8.09. The first-order valence-electron chi connectivity index (χ1n) is 4.37. The van der Waals surface area contributed by atoms with Crippen molar-refractivity contribution in [2.75, 3.05) is 26.1 Å². The molecule has 0 amide bonds. The molecule has 6 nitrogen and oxygen atoms in total. The molecule has 0 unspecified atom stereocenters. The van der Waals surface area contributed by atoms with Gasteiger partial charge >= 0.3 is 0 Å². The van der Waals surface area contributed by atoms with Crippen molar-refractivity contribution < 1.29 is 9.84 Å². The van der Waals surface area contributed by atoms with E-state index < -0.39 is 0 Å².